The fourth-order valence-electron chi connectivity index (χ4n) is 4.09. The maximum atomic E-state index is 12.9. The van der Waals surface area contributed by atoms with Gasteiger partial charge in [-0.15, -0.1) is 11.3 Å². The minimum absolute atomic E-state index is 0.0603. The number of nitrogens with one attached hydrogen (secondary N) is 1. The molecule has 8 heteroatoms. The van der Waals surface area contributed by atoms with E-state index in [1.165, 1.54) is 10.4 Å². The SMILES string of the molecule is CCOCC(O)CN(Cc1nc2sc3c(c2c(=O)[nH]1)CCC(C)C3)Cc1ccco1. The van der Waals surface area contributed by atoms with E-state index in [4.69, 9.17) is 14.1 Å². The molecule has 0 radical (unpaired) electrons. The molecule has 0 amide bonds. The highest BCUT2D eigenvalue weighted by atomic mass is 32.1. The lowest BCUT2D eigenvalue weighted by Gasteiger charge is -2.23. The van der Waals surface area contributed by atoms with Gasteiger partial charge in [0.1, 0.15) is 16.4 Å². The minimum Gasteiger partial charge on any atom is -0.468 e. The lowest BCUT2D eigenvalue weighted by atomic mass is 9.89. The highest BCUT2D eigenvalue weighted by Gasteiger charge is 2.23. The second-order valence-electron chi connectivity index (χ2n) is 8.11. The lowest BCUT2D eigenvalue weighted by molar-refractivity contribution is 0.0163. The summed E-state index contributed by atoms with van der Waals surface area (Å²) in [6, 6.07) is 3.74. The zero-order valence-electron chi connectivity index (χ0n) is 17.5. The standard InChI is InChI=1S/C22H29N3O4S/c1-3-28-13-15(26)10-25(11-16-5-4-8-29-16)12-19-23-21(27)20-17-7-6-14(2)9-18(17)30-22(20)24-19/h4-5,8,14-15,26H,3,6-7,9-13H2,1-2H3,(H,23,24,27). The van der Waals surface area contributed by atoms with Crippen LogP contribution in [0.3, 0.4) is 0 Å². The van der Waals surface area contributed by atoms with E-state index in [1.807, 2.05) is 24.0 Å². The van der Waals surface area contributed by atoms with Crippen LogP contribution in [0.4, 0.5) is 0 Å². The van der Waals surface area contributed by atoms with Crippen molar-refractivity contribution in [3.8, 4) is 0 Å². The first-order chi connectivity index (χ1) is 14.5. The van der Waals surface area contributed by atoms with E-state index in [1.54, 1.807) is 17.6 Å². The van der Waals surface area contributed by atoms with Gasteiger partial charge in [0.25, 0.3) is 5.56 Å². The Balaban J connectivity index is 1.57. The average Bonchev–Trinajstić information content (AvgIpc) is 3.33. The predicted molar refractivity (Wildman–Crippen MR) is 117 cm³/mol. The number of ether oxygens (including phenoxy) is 1. The number of aliphatic hydroxyl groups excluding tert-OH is 1. The molecular weight excluding hydrogens is 402 g/mol. The van der Waals surface area contributed by atoms with Crippen LogP contribution in [0.1, 0.15) is 42.3 Å². The summed E-state index contributed by atoms with van der Waals surface area (Å²) in [5.41, 5.74) is 1.13. The van der Waals surface area contributed by atoms with E-state index in [2.05, 4.69) is 11.9 Å². The number of rotatable bonds is 9. The summed E-state index contributed by atoms with van der Waals surface area (Å²) in [5.74, 6) is 2.05. The molecule has 3 aromatic heterocycles. The summed E-state index contributed by atoms with van der Waals surface area (Å²) in [6.07, 6.45) is 4.10. The number of aromatic nitrogens is 2. The van der Waals surface area contributed by atoms with Crippen molar-refractivity contribution >= 4 is 21.6 Å². The van der Waals surface area contributed by atoms with Gasteiger partial charge in [-0.1, -0.05) is 6.92 Å². The Morgan fingerprint density at radius 3 is 3.10 bits per heavy atom. The van der Waals surface area contributed by atoms with Crippen molar-refractivity contribution in [1.82, 2.24) is 14.9 Å². The van der Waals surface area contributed by atoms with Crippen LogP contribution in [0.5, 0.6) is 0 Å². The second kappa shape index (κ2) is 9.43. The Morgan fingerprint density at radius 1 is 1.47 bits per heavy atom. The second-order valence-corrected chi connectivity index (χ2v) is 9.19. The molecule has 4 rings (SSSR count). The van der Waals surface area contributed by atoms with Crippen molar-refractivity contribution < 1.29 is 14.3 Å². The summed E-state index contributed by atoms with van der Waals surface area (Å²) < 4.78 is 10.8. The normalized spacial score (nSPS) is 17.5. The van der Waals surface area contributed by atoms with E-state index in [9.17, 15) is 9.90 Å². The van der Waals surface area contributed by atoms with E-state index in [-0.39, 0.29) is 12.2 Å². The van der Waals surface area contributed by atoms with Crippen molar-refractivity contribution in [2.45, 2.75) is 52.3 Å². The minimum atomic E-state index is -0.633. The molecular formula is C22H29N3O4S. The molecule has 1 aliphatic carbocycles. The van der Waals surface area contributed by atoms with Gasteiger partial charge in [-0.2, -0.15) is 0 Å². The molecule has 1 aliphatic rings. The third-order valence-corrected chi connectivity index (χ3v) is 6.68. The monoisotopic (exact) mass is 431 g/mol. The quantitative estimate of drug-likeness (QED) is 0.541. The molecule has 162 valence electrons. The van der Waals surface area contributed by atoms with Crippen LogP contribution < -0.4 is 5.56 Å². The average molecular weight is 432 g/mol. The molecule has 0 saturated carbocycles. The van der Waals surface area contributed by atoms with Crippen molar-refractivity contribution in [3.05, 3.63) is 50.8 Å². The van der Waals surface area contributed by atoms with Crippen LogP contribution in [0, 0.1) is 5.92 Å². The first kappa shape index (κ1) is 21.2. The van der Waals surface area contributed by atoms with Crippen molar-refractivity contribution in [2.24, 2.45) is 5.92 Å². The third kappa shape index (κ3) is 4.83. The van der Waals surface area contributed by atoms with Gasteiger partial charge in [0.2, 0.25) is 0 Å². The first-order valence-corrected chi connectivity index (χ1v) is 11.4. The van der Waals surface area contributed by atoms with Gasteiger partial charge in [0.05, 0.1) is 37.4 Å². The lowest BCUT2D eigenvalue weighted by Crippen LogP contribution is -2.35. The number of fused-ring (bicyclic) bond motifs is 3. The van der Waals surface area contributed by atoms with E-state index >= 15 is 0 Å². The fraction of sp³-hybridized carbons (Fsp3) is 0.545. The smallest absolute Gasteiger partial charge is 0.259 e. The number of thiophene rings is 1. The molecule has 2 N–H and O–H groups in total. The van der Waals surface area contributed by atoms with E-state index in [0.29, 0.717) is 38.0 Å². The maximum absolute atomic E-state index is 12.9. The molecule has 3 aromatic rings. The molecule has 0 fully saturated rings. The van der Waals surface area contributed by atoms with Gasteiger partial charge in [0, 0.05) is 18.0 Å². The molecule has 0 aromatic carbocycles. The number of nitrogens with zero attached hydrogens (tertiary/aromatic N) is 2. The molecule has 2 atom stereocenters. The summed E-state index contributed by atoms with van der Waals surface area (Å²) in [5, 5.41) is 11.1. The molecule has 0 spiro atoms. The number of aliphatic hydroxyl groups is 1. The molecule has 2 unspecified atom stereocenters. The highest BCUT2D eigenvalue weighted by molar-refractivity contribution is 7.18. The van der Waals surface area contributed by atoms with Gasteiger partial charge in [-0.3, -0.25) is 9.69 Å². The van der Waals surface area contributed by atoms with Crippen LogP contribution in [0.15, 0.2) is 27.6 Å². The third-order valence-electron chi connectivity index (χ3n) is 5.53. The van der Waals surface area contributed by atoms with Crippen LogP contribution in [-0.4, -0.2) is 45.8 Å². The number of H-pyrrole nitrogens is 1. The summed E-state index contributed by atoms with van der Waals surface area (Å²) >= 11 is 1.65. The molecule has 3 heterocycles. The van der Waals surface area contributed by atoms with E-state index < -0.39 is 6.10 Å². The van der Waals surface area contributed by atoms with Gasteiger partial charge >= 0.3 is 0 Å². The van der Waals surface area contributed by atoms with Crippen molar-refractivity contribution in [3.63, 3.8) is 0 Å². The number of furan rings is 1. The van der Waals surface area contributed by atoms with Gasteiger partial charge < -0.3 is 19.2 Å². The summed E-state index contributed by atoms with van der Waals surface area (Å²) in [4.78, 5) is 24.8. The molecule has 0 aliphatic heterocycles. The molecule has 0 bridgehead atoms. The topological polar surface area (TPSA) is 91.6 Å². The first-order valence-electron chi connectivity index (χ1n) is 10.6. The Labute approximate surface area is 179 Å². The van der Waals surface area contributed by atoms with Gasteiger partial charge in [-0.25, -0.2) is 4.98 Å². The van der Waals surface area contributed by atoms with Crippen LogP contribution in [-0.2, 0) is 30.7 Å². The van der Waals surface area contributed by atoms with Gasteiger partial charge in [0.15, 0.2) is 0 Å². The number of hydrogen-bond acceptors (Lipinski definition) is 7. The largest absolute Gasteiger partial charge is 0.468 e. The van der Waals surface area contributed by atoms with Gasteiger partial charge in [-0.05, 0) is 49.8 Å². The van der Waals surface area contributed by atoms with Crippen molar-refractivity contribution in [2.75, 3.05) is 19.8 Å². The Bertz CT molecular complexity index is 1030. The fourth-order valence-corrected chi connectivity index (χ4v) is 5.49. The summed E-state index contributed by atoms with van der Waals surface area (Å²) in [7, 11) is 0. The highest BCUT2D eigenvalue weighted by Crippen LogP contribution is 2.35. The van der Waals surface area contributed by atoms with Crippen LogP contribution in [0.25, 0.3) is 10.2 Å². The zero-order chi connectivity index (χ0) is 21.1. The number of aryl methyl sites for hydroxylation is 1. The predicted octanol–water partition coefficient (Wildman–Crippen LogP) is 3.10. The Kier molecular flexibility index (Phi) is 6.67. The number of hydrogen-bond donors (Lipinski definition) is 2. The Hall–Kier alpha value is -2.00. The zero-order valence-corrected chi connectivity index (χ0v) is 18.3. The number of aromatic amines is 1. The molecule has 7 nitrogen and oxygen atoms in total. The van der Waals surface area contributed by atoms with E-state index in [0.717, 1.165) is 35.2 Å². The van der Waals surface area contributed by atoms with Crippen LogP contribution in [0.2, 0.25) is 0 Å². The van der Waals surface area contributed by atoms with Crippen LogP contribution >= 0.6 is 11.3 Å². The van der Waals surface area contributed by atoms with Crippen molar-refractivity contribution in [1.29, 1.82) is 0 Å². The maximum Gasteiger partial charge on any atom is 0.259 e. The molecule has 0 saturated heterocycles. The Morgan fingerprint density at radius 2 is 2.33 bits per heavy atom. The molecule has 30 heavy (non-hydrogen) atoms. The summed E-state index contributed by atoms with van der Waals surface area (Å²) in [6.45, 7) is 6.30.